The summed E-state index contributed by atoms with van der Waals surface area (Å²) in [5.74, 6) is -0.615. The molecule has 0 radical (unpaired) electrons. The molecule has 0 unspecified atom stereocenters. The topological polar surface area (TPSA) is 122 Å². The van der Waals surface area contributed by atoms with Gasteiger partial charge in [-0.25, -0.2) is 4.68 Å². The van der Waals surface area contributed by atoms with Crippen LogP contribution in [0, 0.1) is 5.41 Å². The highest BCUT2D eigenvalue weighted by atomic mass is 16.3. The molecule has 2 aromatic rings. The van der Waals surface area contributed by atoms with Crippen molar-refractivity contribution < 1.29 is 14.7 Å². The summed E-state index contributed by atoms with van der Waals surface area (Å²) in [6, 6.07) is 3.42. The van der Waals surface area contributed by atoms with Gasteiger partial charge in [-0.2, -0.15) is 0 Å². The smallest absolute Gasteiger partial charge is 0.250 e. The van der Waals surface area contributed by atoms with Crippen LogP contribution in [0.3, 0.4) is 0 Å². The fourth-order valence-corrected chi connectivity index (χ4v) is 3.79. The number of amides is 2. The van der Waals surface area contributed by atoms with Gasteiger partial charge in [0.25, 0.3) is 5.56 Å². The number of rotatable bonds is 5. The Kier molecular flexibility index (Phi) is 6.06. The summed E-state index contributed by atoms with van der Waals surface area (Å²) < 4.78 is 2.98. The third-order valence-electron chi connectivity index (χ3n) is 5.22. The Labute approximate surface area is 174 Å². The third kappa shape index (κ3) is 4.43. The Morgan fingerprint density at radius 3 is 2.70 bits per heavy atom. The molecule has 30 heavy (non-hydrogen) atoms. The van der Waals surface area contributed by atoms with Crippen molar-refractivity contribution in [1.82, 2.24) is 29.8 Å². The Morgan fingerprint density at radius 2 is 2.07 bits per heavy atom. The molecule has 1 saturated heterocycles. The molecule has 2 amide bonds. The van der Waals surface area contributed by atoms with E-state index in [2.05, 4.69) is 15.6 Å². The normalized spacial score (nSPS) is 20.2. The number of hydrogen-bond donors (Lipinski definition) is 2. The van der Waals surface area contributed by atoms with Gasteiger partial charge in [-0.3, -0.25) is 14.4 Å². The van der Waals surface area contributed by atoms with Crippen LogP contribution in [-0.2, 0) is 16.1 Å². The molecule has 1 fully saturated rings. The van der Waals surface area contributed by atoms with E-state index in [1.807, 2.05) is 20.8 Å². The molecule has 162 valence electrons. The molecular weight excluding hydrogens is 388 g/mol. The Hall–Kier alpha value is -3.01. The minimum Gasteiger partial charge on any atom is -0.391 e. The zero-order valence-electron chi connectivity index (χ0n) is 17.6. The van der Waals surface area contributed by atoms with Crippen LogP contribution in [0.5, 0.6) is 0 Å². The lowest BCUT2D eigenvalue weighted by molar-refractivity contribution is -0.144. The number of pyridine rings is 1. The fraction of sp³-hybridized carbons (Fsp3) is 0.550. The fourth-order valence-electron chi connectivity index (χ4n) is 3.79. The van der Waals surface area contributed by atoms with Crippen LogP contribution in [-0.4, -0.2) is 67.1 Å². The molecule has 0 saturated carbocycles. The molecule has 10 heteroatoms. The first-order valence-corrected chi connectivity index (χ1v) is 9.88. The zero-order chi connectivity index (χ0) is 22.1. The quantitative estimate of drug-likeness (QED) is 0.695. The molecule has 0 spiro atoms. The highest BCUT2D eigenvalue weighted by Gasteiger charge is 2.44. The van der Waals surface area contributed by atoms with E-state index in [1.165, 1.54) is 27.3 Å². The summed E-state index contributed by atoms with van der Waals surface area (Å²) in [4.78, 5) is 39.1. The number of likely N-dealkylation sites (tertiary alicyclic amines) is 1. The van der Waals surface area contributed by atoms with E-state index in [1.54, 1.807) is 24.5 Å². The number of nitrogens with one attached hydrogen (secondary N) is 1. The van der Waals surface area contributed by atoms with E-state index >= 15 is 0 Å². The average molecular weight is 416 g/mol. The molecule has 0 aliphatic carbocycles. The lowest BCUT2D eigenvalue weighted by Gasteiger charge is -2.34. The van der Waals surface area contributed by atoms with Crippen molar-refractivity contribution >= 4 is 11.8 Å². The molecule has 3 rings (SSSR count). The lowest BCUT2D eigenvalue weighted by atomic mass is 9.85. The first-order valence-electron chi connectivity index (χ1n) is 9.88. The monoisotopic (exact) mass is 416 g/mol. The number of aliphatic hydroxyl groups is 1. The standard InChI is InChI=1S/C20H28N6O4/c1-20(2,3)17(19(30)25-12-14(27)9-15(25)18(29)21-4)26-11-13(22-23-26)10-24-8-6-5-7-16(24)28/h5-8,11,14-15,17,27H,9-10,12H2,1-4H3,(H,21,29)/t14-,15+,17-/m1/s1. The van der Waals surface area contributed by atoms with Crippen LogP contribution in [0.1, 0.15) is 38.9 Å². The molecule has 1 aliphatic heterocycles. The van der Waals surface area contributed by atoms with Crippen molar-refractivity contribution in [2.75, 3.05) is 13.6 Å². The van der Waals surface area contributed by atoms with E-state index in [0.29, 0.717) is 5.69 Å². The minimum absolute atomic E-state index is 0.0878. The number of carbonyl (C=O) groups excluding carboxylic acids is 2. The summed E-state index contributed by atoms with van der Waals surface area (Å²) in [6.07, 6.45) is 2.75. The summed E-state index contributed by atoms with van der Waals surface area (Å²) in [6.45, 7) is 6.03. The molecular formula is C20H28N6O4. The van der Waals surface area contributed by atoms with Crippen LogP contribution in [0.25, 0.3) is 0 Å². The van der Waals surface area contributed by atoms with Gasteiger partial charge in [-0.1, -0.05) is 32.1 Å². The van der Waals surface area contributed by atoms with Crippen molar-refractivity contribution in [1.29, 1.82) is 0 Å². The lowest BCUT2D eigenvalue weighted by Crippen LogP contribution is -2.49. The molecule has 3 heterocycles. The van der Waals surface area contributed by atoms with Crippen LogP contribution in [0.2, 0.25) is 0 Å². The first kappa shape index (κ1) is 21.7. The maximum absolute atomic E-state index is 13.5. The molecule has 0 bridgehead atoms. The Morgan fingerprint density at radius 1 is 1.33 bits per heavy atom. The molecule has 1 aliphatic rings. The number of likely N-dealkylation sites (N-methyl/N-ethyl adjacent to an activating group) is 1. The van der Waals surface area contributed by atoms with Gasteiger partial charge in [0.2, 0.25) is 11.8 Å². The van der Waals surface area contributed by atoms with Gasteiger partial charge in [0.1, 0.15) is 17.8 Å². The van der Waals surface area contributed by atoms with Crippen molar-refractivity contribution in [2.24, 2.45) is 5.41 Å². The van der Waals surface area contributed by atoms with Gasteiger partial charge >= 0.3 is 0 Å². The molecule has 0 aromatic carbocycles. The van der Waals surface area contributed by atoms with Gasteiger partial charge in [-0.05, 0) is 11.5 Å². The van der Waals surface area contributed by atoms with Gasteiger partial charge in [-0.15, -0.1) is 5.10 Å². The van der Waals surface area contributed by atoms with Crippen molar-refractivity contribution in [3.8, 4) is 0 Å². The van der Waals surface area contributed by atoms with Crippen LogP contribution >= 0.6 is 0 Å². The van der Waals surface area contributed by atoms with E-state index in [-0.39, 0.29) is 36.9 Å². The van der Waals surface area contributed by atoms with Gasteiger partial charge in [0, 0.05) is 32.3 Å². The zero-order valence-corrected chi connectivity index (χ0v) is 17.6. The van der Waals surface area contributed by atoms with Gasteiger partial charge in [0.15, 0.2) is 0 Å². The van der Waals surface area contributed by atoms with Gasteiger partial charge < -0.3 is 19.9 Å². The molecule has 2 N–H and O–H groups in total. The van der Waals surface area contributed by atoms with Crippen molar-refractivity contribution in [3.63, 3.8) is 0 Å². The van der Waals surface area contributed by atoms with E-state index in [4.69, 9.17) is 0 Å². The van der Waals surface area contributed by atoms with E-state index in [0.717, 1.165) is 0 Å². The maximum atomic E-state index is 13.5. The average Bonchev–Trinajstić information content (AvgIpc) is 3.28. The number of hydrogen-bond acceptors (Lipinski definition) is 6. The van der Waals surface area contributed by atoms with Crippen LogP contribution in [0.4, 0.5) is 0 Å². The Bertz CT molecular complexity index is 976. The largest absolute Gasteiger partial charge is 0.391 e. The second-order valence-electron chi connectivity index (χ2n) is 8.64. The van der Waals surface area contributed by atoms with Crippen LogP contribution in [0.15, 0.2) is 35.4 Å². The molecule has 2 aromatic heterocycles. The first-order chi connectivity index (χ1) is 14.1. The number of aliphatic hydroxyl groups excluding tert-OH is 1. The minimum atomic E-state index is -0.756. The number of β-amino-alcohol motifs (C(OH)–C–C–N with tert-alkyl or cyclic N) is 1. The second-order valence-corrected chi connectivity index (χ2v) is 8.64. The van der Waals surface area contributed by atoms with Crippen LogP contribution < -0.4 is 10.9 Å². The van der Waals surface area contributed by atoms with Crippen molar-refractivity contribution in [2.45, 2.75) is 51.9 Å². The maximum Gasteiger partial charge on any atom is 0.250 e. The van der Waals surface area contributed by atoms with E-state index < -0.39 is 23.6 Å². The number of nitrogens with zero attached hydrogens (tertiary/aromatic N) is 5. The second kappa shape index (κ2) is 8.39. The molecule has 3 atom stereocenters. The summed E-state index contributed by atoms with van der Waals surface area (Å²) in [5.41, 5.74) is -0.156. The summed E-state index contributed by atoms with van der Waals surface area (Å²) >= 11 is 0. The summed E-state index contributed by atoms with van der Waals surface area (Å²) in [5, 5.41) is 20.9. The highest BCUT2D eigenvalue weighted by molar-refractivity contribution is 5.90. The van der Waals surface area contributed by atoms with E-state index in [9.17, 15) is 19.5 Å². The predicted molar refractivity (Wildman–Crippen MR) is 109 cm³/mol. The Balaban J connectivity index is 1.89. The molecule has 10 nitrogen and oxygen atoms in total. The van der Waals surface area contributed by atoms with Gasteiger partial charge in [0.05, 0.1) is 18.8 Å². The predicted octanol–water partition coefficient (Wildman–Crippen LogP) is -0.217. The SMILES string of the molecule is CNC(=O)[C@@H]1C[C@@H](O)CN1C(=O)[C@@H](n1cc(Cn2ccccc2=O)nn1)C(C)(C)C. The summed E-state index contributed by atoms with van der Waals surface area (Å²) in [7, 11) is 1.51. The number of carbonyl (C=O) groups is 2. The third-order valence-corrected chi connectivity index (χ3v) is 5.22. The highest BCUT2D eigenvalue weighted by Crippen LogP contribution is 2.34. The number of aromatic nitrogens is 4. The van der Waals surface area contributed by atoms with Crippen molar-refractivity contribution in [3.05, 3.63) is 46.6 Å².